The lowest BCUT2D eigenvalue weighted by molar-refractivity contribution is -0.136. The Labute approximate surface area is 210 Å². The van der Waals surface area contributed by atoms with Gasteiger partial charge in [0.25, 0.3) is 0 Å². The van der Waals surface area contributed by atoms with Crippen molar-refractivity contribution in [3.05, 3.63) is 59.3 Å². The van der Waals surface area contributed by atoms with Gasteiger partial charge < -0.3 is 34.9 Å². The molecule has 1 fully saturated rings. The van der Waals surface area contributed by atoms with Crippen LogP contribution in [0.3, 0.4) is 0 Å². The van der Waals surface area contributed by atoms with E-state index in [1.165, 1.54) is 13.2 Å². The molecule has 2 aliphatic rings. The molecule has 0 aromatic heterocycles. The number of amides is 2. The molecular weight excluding hydrogens is 464 g/mol. The normalized spacial score (nSPS) is 18.4. The lowest BCUT2D eigenvalue weighted by Crippen LogP contribution is -2.51. The van der Waals surface area contributed by atoms with Crippen LogP contribution in [0, 0.1) is 0 Å². The molecule has 2 amide bonds. The Kier molecular flexibility index (Phi) is 7.84. The molecule has 0 unspecified atom stereocenters. The number of ether oxygens (including phenoxy) is 3. The van der Waals surface area contributed by atoms with Crippen molar-refractivity contribution in [3.8, 4) is 17.2 Å². The SMILES string of the molecule is CCOc1cc([C@H]2NC(=O)NC(CN3CCN(c4cccc(OC)c4)CC3)=C2C(=O)OC)ccc1O. The smallest absolute Gasteiger partial charge is 0.338 e. The lowest BCUT2D eigenvalue weighted by atomic mass is 9.94. The fourth-order valence-corrected chi connectivity index (χ4v) is 4.52. The average molecular weight is 497 g/mol. The molecule has 0 radical (unpaired) electrons. The first-order valence-electron chi connectivity index (χ1n) is 11.9. The number of phenols is 1. The zero-order chi connectivity index (χ0) is 25.7. The van der Waals surface area contributed by atoms with Crippen LogP contribution in [0.2, 0.25) is 0 Å². The summed E-state index contributed by atoms with van der Waals surface area (Å²) in [5.41, 5.74) is 2.51. The summed E-state index contributed by atoms with van der Waals surface area (Å²) in [5.74, 6) is 0.539. The van der Waals surface area contributed by atoms with Crippen molar-refractivity contribution in [2.75, 3.05) is 58.5 Å². The van der Waals surface area contributed by atoms with Gasteiger partial charge in [-0.1, -0.05) is 12.1 Å². The Hall–Kier alpha value is -3.92. The highest BCUT2D eigenvalue weighted by Gasteiger charge is 2.35. The fraction of sp³-hybridized carbons (Fsp3) is 0.385. The minimum absolute atomic E-state index is 0.0152. The Bertz CT molecular complexity index is 1140. The van der Waals surface area contributed by atoms with Gasteiger partial charge in [-0.15, -0.1) is 0 Å². The zero-order valence-corrected chi connectivity index (χ0v) is 20.7. The number of urea groups is 1. The van der Waals surface area contributed by atoms with Gasteiger partial charge >= 0.3 is 12.0 Å². The summed E-state index contributed by atoms with van der Waals surface area (Å²) in [7, 11) is 2.97. The number of carbonyl (C=O) groups is 2. The monoisotopic (exact) mass is 496 g/mol. The Morgan fingerprint density at radius 2 is 1.89 bits per heavy atom. The van der Waals surface area contributed by atoms with Crippen LogP contribution in [0.5, 0.6) is 17.2 Å². The molecule has 2 heterocycles. The zero-order valence-electron chi connectivity index (χ0n) is 20.7. The average Bonchev–Trinajstić information content (AvgIpc) is 2.90. The molecule has 1 atom stereocenters. The second-order valence-electron chi connectivity index (χ2n) is 8.54. The molecule has 2 aromatic carbocycles. The van der Waals surface area contributed by atoms with E-state index in [1.807, 2.05) is 25.1 Å². The van der Waals surface area contributed by atoms with E-state index >= 15 is 0 Å². The maximum atomic E-state index is 12.9. The van der Waals surface area contributed by atoms with Crippen LogP contribution in [0.4, 0.5) is 10.5 Å². The highest BCUT2D eigenvalue weighted by atomic mass is 16.5. The van der Waals surface area contributed by atoms with Crippen LogP contribution in [-0.4, -0.2) is 75.6 Å². The molecule has 1 saturated heterocycles. The van der Waals surface area contributed by atoms with Crippen LogP contribution < -0.4 is 25.0 Å². The van der Waals surface area contributed by atoms with E-state index in [4.69, 9.17) is 14.2 Å². The number of nitrogens with one attached hydrogen (secondary N) is 2. The maximum Gasteiger partial charge on any atom is 0.338 e. The number of methoxy groups -OCH3 is 2. The minimum Gasteiger partial charge on any atom is -0.504 e. The summed E-state index contributed by atoms with van der Waals surface area (Å²) in [6.07, 6.45) is 0. The van der Waals surface area contributed by atoms with E-state index in [-0.39, 0.29) is 11.5 Å². The number of aromatic hydroxyl groups is 1. The largest absolute Gasteiger partial charge is 0.504 e. The van der Waals surface area contributed by atoms with Crippen LogP contribution >= 0.6 is 0 Å². The number of hydrogen-bond donors (Lipinski definition) is 3. The number of nitrogens with zero attached hydrogens (tertiary/aromatic N) is 2. The topological polar surface area (TPSA) is 113 Å². The third-order valence-electron chi connectivity index (χ3n) is 6.35. The molecule has 2 aliphatic heterocycles. The van der Waals surface area contributed by atoms with Crippen LogP contribution in [0.15, 0.2) is 53.7 Å². The molecule has 192 valence electrons. The van der Waals surface area contributed by atoms with Crippen LogP contribution in [0.25, 0.3) is 0 Å². The Balaban J connectivity index is 1.56. The first kappa shape index (κ1) is 25.2. The van der Waals surface area contributed by atoms with E-state index in [0.717, 1.165) is 37.6 Å². The molecule has 0 bridgehead atoms. The summed E-state index contributed by atoms with van der Waals surface area (Å²) < 4.78 is 15.9. The van der Waals surface area contributed by atoms with Gasteiger partial charge in [0.05, 0.1) is 32.4 Å². The van der Waals surface area contributed by atoms with Crippen molar-refractivity contribution in [2.24, 2.45) is 0 Å². The third-order valence-corrected chi connectivity index (χ3v) is 6.35. The predicted octanol–water partition coefficient (Wildman–Crippen LogP) is 2.40. The van der Waals surface area contributed by atoms with Gasteiger partial charge in [0.2, 0.25) is 0 Å². The standard InChI is InChI=1S/C26H32N4O6/c1-4-36-22-14-17(8-9-21(22)31)24-23(25(32)35-3)20(27-26(33)28-24)16-29-10-12-30(13-11-29)18-6-5-7-19(15-18)34-2/h5-9,14-15,24,31H,4,10-13,16H2,1-3H3,(H2,27,28,33)/t24-/m1/s1. The molecule has 0 spiro atoms. The number of benzene rings is 2. The number of rotatable bonds is 8. The first-order valence-corrected chi connectivity index (χ1v) is 11.9. The van der Waals surface area contributed by atoms with Crippen molar-refractivity contribution >= 4 is 17.7 Å². The molecule has 36 heavy (non-hydrogen) atoms. The van der Waals surface area contributed by atoms with Crippen molar-refractivity contribution in [1.82, 2.24) is 15.5 Å². The molecule has 0 aliphatic carbocycles. The highest BCUT2D eigenvalue weighted by Crippen LogP contribution is 2.34. The maximum absolute atomic E-state index is 12.9. The number of piperazine rings is 1. The number of esters is 1. The van der Waals surface area contributed by atoms with Gasteiger partial charge in [-0.25, -0.2) is 9.59 Å². The minimum atomic E-state index is -0.751. The highest BCUT2D eigenvalue weighted by molar-refractivity contribution is 5.95. The second kappa shape index (κ2) is 11.2. The molecule has 0 saturated carbocycles. The van der Waals surface area contributed by atoms with Gasteiger partial charge in [-0.3, -0.25) is 4.90 Å². The fourth-order valence-electron chi connectivity index (χ4n) is 4.52. The van der Waals surface area contributed by atoms with Gasteiger partial charge in [0, 0.05) is 50.2 Å². The predicted molar refractivity (Wildman–Crippen MR) is 134 cm³/mol. The van der Waals surface area contributed by atoms with Crippen molar-refractivity contribution in [1.29, 1.82) is 0 Å². The molecule has 3 N–H and O–H groups in total. The molecule has 10 nitrogen and oxygen atoms in total. The molecule has 4 rings (SSSR count). The summed E-state index contributed by atoms with van der Waals surface area (Å²) in [5, 5.41) is 15.7. The lowest BCUT2D eigenvalue weighted by Gasteiger charge is -2.38. The van der Waals surface area contributed by atoms with Crippen LogP contribution in [-0.2, 0) is 9.53 Å². The quantitative estimate of drug-likeness (QED) is 0.478. The number of anilines is 1. The number of phenolic OH excluding ortho intramolecular Hbond substituents is 1. The first-order chi connectivity index (χ1) is 17.4. The molecular formula is C26H32N4O6. The molecule has 10 heteroatoms. The summed E-state index contributed by atoms with van der Waals surface area (Å²) in [6.45, 7) is 5.63. The molecule has 2 aromatic rings. The number of carbonyl (C=O) groups excluding carboxylic acids is 2. The van der Waals surface area contributed by atoms with Crippen LogP contribution in [0.1, 0.15) is 18.5 Å². The second-order valence-corrected chi connectivity index (χ2v) is 8.54. The van der Waals surface area contributed by atoms with E-state index in [2.05, 4.69) is 26.5 Å². The Morgan fingerprint density at radius 3 is 2.58 bits per heavy atom. The van der Waals surface area contributed by atoms with Crippen molar-refractivity contribution in [3.63, 3.8) is 0 Å². The van der Waals surface area contributed by atoms with Crippen molar-refractivity contribution in [2.45, 2.75) is 13.0 Å². The number of hydrogen-bond acceptors (Lipinski definition) is 8. The van der Waals surface area contributed by atoms with E-state index in [9.17, 15) is 14.7 Å². The van der Waals surface area contributed by atoms with Gasteiger partial charge in [0.15, 0.2) is 11.5 Å². The third kappa shape index (κ3) is 5.49. The van der Waals surface area contributed by atoms with Gasteiger partial charge in [-0.05, 0) is 36.8 Å². The van der Waals surface area contributed by atoms with Gasteiger partial charge in [-0.2, -0.15) is 0 Å². The summed E-state index contributed by atoms with van der Waals surface area (Å²) >= 11 is 0. The van der Waals surface area contributed by atoms with Crippen molar-refractivity contribution < 1.29 is 28.9 Å². The summed E-state index contributed by atoms with van der Waals surface area (Å²) in [6, 6.07) is 11.6. The van der Waals surface area contributed by atoms with E-state index in [0.29, 0.717) is 30.0 Å². The van der Waals surface area contributed by atoms with E-state index in [1.54, 1.807) is 19.2 Å². The Morgan fingerprint density at radius 1 is 1.11 bits per heavy atom. The van der Waals surface area contributed by atoms with E-state index < -0.39 is 18.0 Å². The summed E-state index contributed by atoms with van der Waals surface area (Å²) in [4.78, 5) is 30.0. The van der Waals surface area contributed by atoms with Gasteiger partial charge in [0.1, 0.15) is 5.75 Å².